The Morgan fingerprint density at radius 2 is 2.20 bits per heavy atom. The number of nitrogens with zero attached hydrogens (tertiary/aromatic N) is 1. The fraction of sp³-hybridized carbons (Fsp3) is 0.615. The van der Waals surface area contributed by atoms with Crippen LogP contribution in [0.3, 0.4) is 0 Å². The van der Waals surface area contributed by atoms with Gasteiger partial charge in [-0.25, -0.2) is 18.1 Å². The molecule has 20 heavy (non-hydrogen) atoms. The van der Waals surface area contributed by atoms with Gasteiger partial charge >= 0.3 is 0 Å². The summed E-state index contributed by atoms with van der Waals surface area (Å²) in [5.41, 5.74) is 0. The van der Waals surface area contributed by atoms with Gasteiger partial charge in [0.05, 0.1) is 0 Å². The normalized spacial score (nSPS) is 22.9. The molecule has 112 valence electrons. The summed E-state index contributed by atoms with van der Waals surface area (Å²) in [6.07, 6.45) is 5.02. The zero-order valence-corrected chi connectivity index (χ0v) is 13.4. The molecule has 1 fully saturated rings. The second-order valence-corrected chi connectivity index (χ2v) is 8.16. The van der Waals surface area contributed by atoms with Crippen molar-refractivity contribution in [2.75, 3.05) is 18.1 Å². The number of thioether (sulfide) groups is 1. The van der Waals surface area contributed by atoms with Crippen LogP contribution in [0, 0.1) is 0 Å². The van der Waals surface area contributed by atoms with Gasteiger partial charge in [-0.2, -0.15) is 11.8 Å². The molecule has 1 aliphatic carbocycles. The number of rotatable bonds is 6. The summed E-state index contributed by atoms with van der Waals surface area (Å²) in [6.45, 7) is 2.18. The Morgan fingerprint density at radius 1 is 1.40 bits per heavy atom. The summed E-state index contributed by atoms with van der Waals surface area (Å²) in [4.78, 5) is 4.40. The minimum atomic E-state index is -3.41. The minimum absolute atomic E-state index is 0.191. The van der Waals surface area contributed by atoms with Gasteiger partial charge in [-0.1, -0.05) is 13.3 Å². The Morgan fingerprint density at radius 3 is 2.80 bits per heavy atom. The molecule has 0 aromatic carbocycles. The van der Waals surface area contributed by atoms with Gasteiger partial charge in [-0.15, -0.1) is 0 Å². The lowest BCUT2D eigenvalue weighted by molar-refractivity contribution is 0.588. The second-order valence-electron chi connectivity index (χ2n) is 4.76. The highest BCUT2D eigenvalue weighted by atomic mass is 32.2. The molecule has 0 saturated heterocycles. The lowest BCUT2D eigenvalue weighted by Gasteiger charge is -2.20. The maximum absolute atomic E-state index is 11.6. The van der Waals surface area contributed by atoms with Crippen LogP contribution in [0.25, 0.3) is 0 Å². The van der Waals surface area contributed by atoms with Crippen molar-refractivity contribution in [2.45, 2.75) is 42.4 Å². The maximum atomic E-state index is 11.6. The predicted octanol–water partition coefficient (Wildman–Crippen LogP) is 2.08. The van der Waals surface area contributed by atoms with Crippen LogP contribution in [-0.4, -0.2) is 37.5 Å². The number of sulfonamides is 1. The van der Waals surface area contributed by atoms with Crippen LogP contribution >= 0.6 is 11.8 Å². The molecule has 2 unspecified atom stereocenters. The van der Waals surface area contributed by atoms with Crippen LogP contribution in [0.4, 0.5) is 5.82 Å². The maximum Gasteiger partial charge on any atom is 0.241 e. The molecule has 7 heteroatoms. The molecule has 2 atom stereocenters. The van der Waals surface area contributed by atoms with Crippen LogP contribution in [0.1, 0.15) is 26.2 Å². The van der Waals surface area contributed by atoms with Crippen molar-refractivity contribution < 1.29 is 8.42 Å². The first-order chi connectivity index (χ1) is 9.56. The van der Waals surface area contributed by atoms with Gasteiger partial charge < -0.3 is 5.32 Å². The van der Waals surface area contributed by atoms with E-state index in [1.807, 2.05) is 11.8 Å². The topological polar surface area (TPSA) is 71.1 Å². The van der Waals surface area contributed by atoms with Crippen molar-refractivity contribution in [1.82, 2.24) is 9.71 Å². The smallest absolute Gasteiger partial charge is 0.241 e. The fourth-order valence-corrected chi connectivity index (χ4v) is 4.31. The van der Waals surface area contributed by atoms with E-state index in [2.05, 4.69) is 21.9 Å². The van der Waals surface area contributed by atoms with E-state index in [1.165, 1.54) is 26.1 Å². The molecule has 1 saturated carbocycles. The Kier molecular flexibility index (Phi) is 5.29. The molecule has 1 heterocycles. The van der Waals surface area contributed by atoms with E-state index in [-0.39, 0.29) is 4.90 Å². The molecule has 1 aromatic rings. The Labute approximate surface area is 125 Å². The molecule has 0 bridgehead atoms. The van der Waals surface area contributed by atoms with Crippen molar-refractivity contribution in [3.63, 3.8) is 0 Å². The Bertz CT molecular complexity index is 531. The average Bonchev–Trinajstić information content (AvgIpc) is 2.87. The minimum Gasteiger partial charge on any atom is -0.366 e. The standard InChI is InChI=1S/C13H21N3O2S2/c1-3-19-12-6-4-5-11(12)16-13-8-7-10(9-15-13)20(17,18)14-2/h7-9,11-12,14H,3-6H2,1-2H3,(H,15,16). The number of nitrogens with one attached hydrogen (secondary N) is 2. The fourth-order valence-electron chi connectivity index (χ4n) is 2.44. The van der Waals surface area contributed by atoms with Gasteiger partial charge in [0.2, 0.25) is 10.0 Å². The highest BCUT2D eigenvalue weighted by Crippen LogP contribution is 2.31. The Balaban J connectivity index is 2.04. The lowest BCUT2D eigenvalue weighted by Crippen LogP contribution is -2.26. The van der Waals surface area contributed by atoms with E-state index < -0.39 is 10.0 Å². The third-order valence-corrected chi connectivity index (χ3v) is 6.21. The summed E-state index contributed by atoms with van der Waals surface area (Å²) in [6, 6.07) is 3.74. The van der Waals surface area contributed by atoms with Gasteiger partial charge in [-0.05, 0) is 37.8 Å². The van der Waals surface area contributed by atoms with Gasteiger partial charge in [0.25, 0.3) is 0 Å². The zero-order valence-electron chi connectivity index (χ0n) is 11.8. The third-order valence-electron chi connectivity index (χ3n) is 3.48. The largest absolute Gasteiger partial charge is 0.366 e. The Hall–Kier alpha value is -0.790. The van der Waals surface area contributed by atoms with Crippen LogP contribution in [-0.2, 0) is 10.0 Å². The predicted molar refractivity (Wildman–Crippen MR) is 83.7 cm³/mol. The summed E-state index contributed by atoms with van der Waals surface area (Å²) in [7, 11) is -2.01. The van der Waals surface area contributed by atoms with E-state index in [9.17, 15) is 8.42 Å². The molecular weight excluding hydrogens is 294 g/mol. The first-order valence-corrected chi connectivity index (χ1v) is 9.37. The van der Waals surface area contributed by atoms with Crippen molar-refractivity contribution in [1.29, 1.82) is 0 Å². The lowest BCUT2D eigenvalue weighted by atomic mass is 10.2. The van der Waals surface area contributed by atoms with Gasteiger partial charge in [0.1, 0.15) is 10.7 Å². The number of anilines is 1. The van der Waals surface area contributed by atoms with Gasteiger partial charge in [0.15, 0.2) is 0 Å². The van der Waals surface area contributed by atoms with E-state index in [1.54, 1.807) is 12.1 Å². The number of hydrogen-bond donors (Lipinski definition) is 2. The molecule has 1 aromatic heterocycles. The van der Waals surface area contributed by atoms with Crippen LogP contribution < -0.4 is 10.0 Å². The summed E-state index contributed by atoms with van der Waals surface area (Å²) in [5, 5.41) is 4.05. The van der Waals surface area contributed by atoms with Crippen molar-refractivity contribution in [3.8, 4) is 0 Å². The highest BCUT2D eigenvalue weighted by Gasteiger charge is 2.27. The van der Waals surface area contributed by atoms with Crippen LogP contribution in [0.2, 0.25) is 0 Å². The van der Waals surface area contributed by atoms with E-state index in [0.29, 0.717) is 11.3 Å². The molecule has 5 nitrogen and oxygen atoms in total. The highest BCUT2D eigenvalue weighted by molar-refractivity contribution is 7.99. The van der Waals surface area contributed by atoms with Crippen LogP contribution in [0.5, 0.6) is 0 Å². The molecule has 0 aliphatic heterocycles. The molecular formula is C13H21N3O2S2. The first-order valence-electron chi connectivity index (χ1n) is 6.84. The monoisotopic (exact) mass is 315 g/mol. The quantitative estimate of drug-likeness (QED) is 0.841. The number of pyridine rings is 1. The van der Waals surface area contributed by atoms with Gasteiger partial charge in [0, 0.05) is 17.5 Å². The second kappa shape index (κ2) is 6.78. The van der Waals surface area contributed by atoms with E-state index >= 15 is 0 Å². The molecule has 1 aliphatic rings. The first kappa shape index (κ1) is 15.6. The number of hydrogen-bond acceptors (Lipinski definition) is 5. The molecule has 0 radical (unpaired) electrons. The SMILES string of the molecule is CCSC1CCCC1Nc1ccc(S(=O)(=O)NC)cn1. The average molecular weight is 315 g/mol. The molecule has 0 spiro atoms. The van der Waals surface area contributed by atoms with E-state index in [0.717, 1.165) is 18.0 Å². The molecule has 2 rings (SSSR count). The van der Waals surface area contributed by atoms with Crippen LogP contribution in [0.15, 0.2) is 23.2 Å². The van der Waals surface area contributed by atoms with Gasteiger partial charge in [-0.3, -0.25) is 0 Å². The van der Waals surface area contributed by atoms with Crippen molar-refractivity contribution in [3.05, 3.63) is 18.3 Å². The van der Waals surface area contributed by atoms with Crippen molar-refractivity contribution >= 4 is 27.6 Å². The molecule has 0 amide bonds. The number of aromatic nitrogens is 1. The van der Waals surface area contributed by atoms with Crippen molar-refractivity contribution in [2.24, 2.45) is 0 Å². The zero-order chi connectivity index (χ0) is 14.6. The van der Waals surface area contributed by atoms with E-state index in [4.69, 9.17) is 0 Å². The summed E-state index contributed by atoms with van der Waals surface area (Å²) in [5.74, 6) is 1.86. The third kappa shape index (κ3) is 3.65. The molecule has 2 N–H and O–H groups in total. The summed E-state index contributed by atoms with van der Waals surface area (Å²) < 4.78 is 25.5. The summed E-state index contributed by atoms with van der Waals surface area (Å²) >= 11 is 1.98.